The van der Waals surface area contributed by atoms with Gasteiger partial charge in [-0.05, 0) is 77.9 Å². The second-order valence-electron chi connectivity index (χ2n) is 14.5. The molecule has 3 aromatic heterocycles. The largest absolute Gasteiger partial charge is 0.318 e. The predicted octanol–water partition coefficient (Wildman–Crippen LogP) is 12.8. The molecule has 3 heterocycles. The Bertz CT molecular complexity index is 3690. The molecule has 0 aliphatic rings. The minimum absolute atomic E-state index is 0.261. The summed E-state index contributed by atoms with van der Waals surface area (Å²) in [6.07, 6.45) is 0. The Morgan fingerprint density at radius 3 is 1.59 bits per heavy atom. The van der Waals surface area contributed by atoms with Crippen LogP contribution in [0.15, 0.2) is 164 Å². The van der Waals surface area contributed by atoms with Crippen molar-refractivity contribution in [2.45, 2.75) is 0 Å². The lowest BCUT2D eigenvalue weighted by Crippen LogP contribution is -2.02. The van der Waals surface area contributed by atoms with Crippen molar-refractivity contribution in [3.63, 3.8) is 0 Å². The molecule has 0 spiro atoms. The molecule has 0 N–H and O–H groups in total. The molecule has 0 aliphatic carbocycles. The molecule has 0 amide bonds. The third-order valence-corrected chi connectivity index (χ3v) is 11.5. The van der Waals surface area contributed by atoms with E-state index in [2.05, 4.69) is 74.7 Å². The van der Waals surface area contributed by atoms with E-state index in [0.29, 0.717) is 33.6 Å². The van der Waals surface area contributed by atoms with E-state index in [1.165, 1.54) is 0 Å². The molecule has 8 aromatic carbocycles. The average molecular weight is 750 g/mol. The molecule has 11 rings (SSSR count). The molecule has 0 unspecified atom stereocenters. The third kappa shape index (κ3) is 4.71. The highest BCUT2D eigenvalue weighted by atomic mass is 15.0. The van der Waals surface area contributed by atoms with Gasteiger partial charge in [-0.1, -0.05) is 97.1 Å². The number of hydrogen-bond donors (Lipinski definition) is 0. The number of para-hydroxylation sites is 5. The molecule has 7 heteroatoms. The fraction of sp³-hybridized carbons (Fsp3) is 0. The van der Waals surface area contributed by atoms with Crippen LogP contribution in [0.3, 0.4) is 0 Å². The maximum atomic E-state index is 11.0. The standard InChI is InChI=1S/C52H27N7/c1-56-43-27-32(25-35(31-55)51(43)58-44-19-9-5-15-37(44)38-16-6-10-20-45(38)58)42-26-34(30-54)49(28-33(42)29-53)59-46-21-11-7-17-39(46)40-23-24-48-50(52(40)59)41-18-8-12-22-47(41)57(48)36-13-3-2-4-14-36/h2-28H. The van der Waals surface area contributed by atoms with E-state index in [9.17, 15) is 15.8 Å². The molecule has 0 saturated heterocycles. The van der Waals surface area contributed by atoms with Crippen LogP contribution in [0.5, 0.6) is 0 Å². The highest BCUT2D eigenvalue weighted by Gasteiger charge is 2.25. The van der Waals surface area contributed by atoms with Crippen LogP contribution in [0.1, 0.15) is 16.7 Å². The van der Waals surface area contributed by atoms with Gasteiger partial charge >= 0.3 is 0 Å². The summed E-state index contributed by atoms with van der Waals surface area (Å²) in [7, 11) is 0. The van der Waals surface area contributed by atoms with E-state index >= 15 is 0 Å². The number of aromatic nitrogens is 3. The van der Waals surface area contributed by atoms with Gasteiger partial charge in [0.1, 0.15) is 6.07 Å². The summed E-state index contributed by atoms with van der Waals surface area (Å²) in [5, 5.41) is 38.7. The second kappa shape index (κ2) is 12.8. The highest BCUT2D eigenvalue weighted by Crippen LogP contribution is 2.44. The van der Waals surface area contributed by atoms with E-state index < -0.39 is 0 Å². The van der Waals surface area contributed by atoms with E-state index in [0.717, 1.165) is 71.1 Å². The maximum absolute atomic E-state index is 11.0. The Labute approximate surface area is 337 Å². The van der Waals surface area contributed by atoms with Gasteiger partial charge < -0.3 is 13.7 Å². The number of rotatable bonds is 4. The monoisotopic (exact) mass is 749 g/mol. The van der Waals surface area contributed by atoms with Gasteiger partial charge in [0, 0.05) is 38.0 Å². The van der Waals surface area contributed by atoms with Crippen molar-refractivity contribution in [1.82, 2.24) is 13.7 Å². The molecule has 0 bridgehead atoms. The zero-order valence-electron chi connectivity index (χ0n) is 31.2. The Morgan fingerprint density at radius 2 is 0.983 bits per heavy atom. The van der Waals surface area contributed by atoms with Crippen LogP contribution in [0.25, 0.3) is 98.5 Å². The zero-order chi connectivity index (χ0) is 39.8. The predicted molar refractivity (Wildman–Crippen MR) is 235 cm³/mol. The van der Waals surface area contributed by atoms with Gasteiger partial charge in [-0.25, -0.2) is 4.85 Å². The Kier molecular flexibility index (Phi) is 7.28. The van der Waals surface area contributed by atoms with Gasteiger partial charge in [-0.15, -0.1) is 0 Å². The van der Waals surface area contributed by atoms with Crippen molar-refractivity contribution in [2.75, 3.05) is 0 Å². The first-order valence-corrected chi connectivity index (χ1v) is 19.1. The van der Waals surface area contributed by atoms with Crippen molar-refractivity contribution < 1.29 is 0 Å². The Hall–Kier alpha value is -8.88. The fourth-order valence-electron chi connectivity index (χ4n) is 9.15. The minimum Gasteiger partial charge on any atom is -0.318 e. The van der Waals surface area contributed by atoms with Crippen LogP contribution in [-0.2, 0) is 0 Å². The number of nitrogens with zero attached hydrogens (tertiary/aromatic N) is 7. The fourth-order valence-corrected chi connectivity index (χ4v) is 9.15. The number of hydrogen-bond acceptors (Lipinski definition) is 3. The van der Waals surface area contributed by atoms with Gasteiger partial charge in [0.2, 0.25) is 5.69 Å². The average Bonchev–Trinajstić information content (AvgIpc) is 3.94. The molecule has 270 valence electrons. The van der Waals surface area contributed by atoms with Gasteiger partial charge in [0.25, 0.3) is 0 Å². The molecule has 0 aliphatic heterocycles. The summed E-state index contributed by atoms with van der Waals surface area (Å²) < 4.78 is 6.37. The minimum atomic E-state index is 0.261. The SMILES string of the molecule is [C-]#[N+]c1cc(-c2cc(C#N)c(-n3c4ccccc4c4ccc5c(c6ccccc6n5-c5ccccc5)c43)cc2C#N)cc(C#N)c1-n1c2ccccc2c2ccccc21. The van der Waals surface area contributed by atoms with Crippen LogP contribution in [0, 0.1) is 40.6 Å². The lowest BCUT2D eigenvalue weighted by molar-refractivity contribution is 1.16. The van der Waals surface area contributed by atoms with Crippen LogP contribution in [0.4, 0.5) is 5.69 Å². The third-order valence-electron chi connectivity index (χ3n) is 11.5. The number of nitriles is 3. The summed E-state index contributed by atoms with van der Waals surface area (Å²) in [5.74, 6) is 0. The number of benzene rings is 8. The number of fused-ring (bicyclic) bond motifs is 10. The van der Waals surface area contributed by atoms with Crippen molar-refractivity contribution in [2.24, 2.45) is 0 Å². The van der Waals surface area contributed by atoms with Crippen molar-refractivity contribution in [1.29, 1.82) is 15.8 Å². The van der Waals surface area contributed by atoms with Crippen LogP contribution < -0.4 is 0 Å². The van der Waals surface area contributed by atoms with Crippen LogP contribution in [0.2, 0.25) is 0 Å². The quantitative estimate of drug-likeness (QED) is 0.168. The molecular formula is C52H27N7. The summed E-state index contributed by atoms with van der Waals surface area (Å²) in [4.78, 5) is 3.96. The van der Waals surface area contributed by atoms with Gasteiger partial charge in [0.15, 0.2) is 0 Å². The molecule has 0 saturated carbocycles. The van der Waals surface area contributed by atoms with Gasteiger partial charge in [-0.2, -0.15) is 15.8 Å². The van der Waals surface area contributed by atoms with Crippen molar-refractivity contribution in [3.05, 3.63) is 192 Å². The first-order valence-electron chi connectivity index (χ1n) is 19.1. The zero-order valence-corrected chi connectivity index (χ0v) is 31.2. The maximum Gasteiger partial charge on any atom is 0.212 e. The molecule has 0 radical (unpaired) electrons. The van der Waals surface area contributed by atoms with Crippen molar-refractivity contribution >= 4 is 71.1 Å². The second-order valence-corrected chi connectivity index (χ2v) is 14.5. The molecule has 59 heavy (non-hydrogen) atoms. The smallest absolute Gasteiger partial charge is 0.212 e. The van der Waals surface area contributed by atoms with Gasteiger partial charge in [0.05, 0.1) is 79.9 Å². The van der Waals surface area contributed by atoms with E-state index in [-0.39, 0.29) is 11.3 Å². The summed E-state index contributed by atoms with van der Waals surface area (Å²) >= 11 is 0. The summed E-state index contributed by atoms with van der Waals surface area (Å²) in [6.45, 7) is 8.35. The summed E-state index contributed by atoms with van der Waals surface area (Å²) in [6, 6.07) is 61.2. The lowest BCUT2D eigenvalue weighted by Gasteiger charge is -2.17. The summed E-state index contributed by atoms with van der Waals surface area (Å²) in [5.41, 5.74) is 9.92. The van der Waals surface area contributed by atoms with Crippen LogP contribution >= 0.6 is 0 Å². The first kappa shape index (κ1) is 33.5. The van der Waals surface area contributed by atoms with Gasteiger partial charge in [-0.3, -0.25) is 0 Å². The lowest BCUT2D eigenvalue weighted by atomic mass is 9.94. The van der Waals surface area contributed by atoms with E-state index in [1.807, 2.05) is 102 Å². The van der Waals surface area contributed by atoms with Crippen molar-refractivity contribution in [3.8, 4) is 46.4 Å². The van der Waals surface area contributed by atoms with E-state index in [4.69, 9.17) is 6.57 Å². The van der Waals surface area contributed by atoms with Crippen LogP contribution in [-0.4, -0.2) is 13.7 Å². The molecule has 11 aromatic rings. The molecule has 0 atom stereocenters. The first-order chi connectivity index (χ1) is 29.1. The normalized spacial score (nSPS) is 11.3. The molecular weight excluding hydrogens is 723 g/mol. The molecule has 0 fully saturated rings. The molecule has 7 nitrogen and oxygen atoms in total. The van der Waals surface area contributed by atoms with E-state index in [1.54, 1.807) is 24.3 Å². The topological polar surface area (TPSA) is 90.5 Å². The highest BCUT2D eigenvalue weighted by molar-refractivity contribution is 6.26. The Morgan fingerprint density at radius 1 is 0.441 bits per heavy atom. The Balaban J connectivity index is 1.19.